The summed E-state index contributed by atoms with van der Waals surface area (Å²) in [6.07, 6.45) is -3.44. The number of halogens is 3. The largest absolute Gasteiger partial charge is 0.491 e. The van der Waals surface area contributed by atoms with E-state index in [0.29, 0.717) is 5.75 Å². The number of carbonyl (C=O) groups is 2. The molecule has 1 fully saturated rings. The molecule has 1 aliphatic rings. The first-order chi connectivity index (χ1) is 10.4. The van der Waals surface area contributed by atoms with E-state index in [1.807, 2.05) is 0 Å². The van der Waals surface area contributed by atoms with Gasteiger partial charge in [0, 0.05) is 0 Å². The predicted octanol–water partition coefficient (Wildman–Crippen LogP) is 2.06. The molecule has 0 saturated carbocycles. The summed E-state index contributed by atoms with van der Waals surface area (Å²) in [6.45, 7) is 1.71. The third-order valence-corrected chi connectivity index (χ3v) is 3.10. The van der Waals surface area contributed by atoms with Gasteiger partial charge in [0.2, 0.25) is 0 Å². The minimum Gasteiger partial charge on any atom is -0.490 e. The lowest BCUT2D eigenvalue weighted by Gasteiger charge is -2.23. The first-order valence-electron chi connectivity index (χ1n) is 6.67. The highest BCUT2D eigenvalue weighted by atomic mass is 19.4. The fraction of sp³-hybridized carbons (Fsp3) is 0.429. The Morgan fingerprint density at radius 1 is 1.09 bits per heavy atom. The number of rotatable bonds is 3. The van der Waals surface area contributed by atoms with E-state index in [9.17, 15) is 22.8 Å². The fourth-order valence-electron chi connectivity index (χ4n) is 1.98. The summed E-state index contributed by atoms with van der Waals surface area (Å²) >= 11 is 0. The first-order valence-corrected chi connectivity index (χ1v) is 6.67. The highest BCUT2D eigenvalue weighted by Crippen LogP contribution is 2.20. The van der Waals surface area contributed by atoms with Crippen molar-refractivity contribution in [1.82, 2.24) is 5.32 Å². The summed E-state index contributed by atoms with van der Waals surface area (Å²) in [5, 5.41) is 3.19. The number of piperidine rings is 1. The summed E-state index contributed by atoms with van der Waals surface area (Å²) < 4.78 is 45.4. The van der Waals surface area contributed by atoms with Crippen LogP contribution in [-0.2, 0) is 9.53 Å². The van der Waals surface area contributed by atoms with Crippen molar-refractivity contribution in [1.29, 1.82) is 0 Å². The van der Waals surface area contributed by atoms with E-state index in [1.54, 1.807) is 0 Å². The van der Waals surface area contributed by atoms with Crippen molar-refractivity contribution in [3.8, 4) is 5.75 Å². The second kappa shape index (κ2) is 6.78. The van der Waals surface area contributed by atoms with E-state index in [2.05, 4.69) is 10.1 Å². The SMILES string of the molecule is O=C(OC(=O)C(F)(F)F)c1ccc(OC2CCNCC2)cc1. The molecule has 0 aliphatic carbocycles. The van der Waals surface area contributed by atoms with Crippen LogP contribution < -0.4 is 10.1 Å². The molecule has 0 atom stereocenters. The van der Waals surface area contributed by atoms with Gasteiger partial charge in [-0.2, -0.15) is 13.2 Å². The molecule has 1 saturated heterocycles. The minimum atomic E-state index is -5.20. The standard InChI is InChI=1S/C14H14F3NO4/c15-14(16,17)13(20)22-12(19)9-1-3-10(4-2-9)21-11-5-7-18-8-6-11/h1-4,11,18H,5-8H2. The first kappa shape index (κ1) is 16.3. The van der Waals surface area contributed by atoms with Crippen molar-refractivity contribution in [3.63, 3.8) is 0 Å². The summed E-state index contributed by atoms with van der Waals surface area (Å²) in [5.41, 5.74) is -0.157. The van der Waals surface area contributed by atoms with E-state index < -0.39 is 18.1 Å². The quantitative estimate of drug-likeness (QED) is 0.683. The van der Waals surface area contributed by atoms with Gasteiger partial charge in [-0.05, 0) is 50.2 Å². The fourth-order valence-corrected chi connectivity index (χ4v) is 1.98. The molecule has 1 N–H and O–H groups in total. The Morgan fingerprint density at radius 2 is 1.68 bits per heavy atom. The van der Waals surface area contributed by atoms with E-state index >= 15 is 0 Å². The molecule has 0 spiro atoms. The molecule has 0 aromatic heterocycles. The molecule has 0 amide bonds. The van der Waals surface area contributed by atoms with Crippen LogP contribution in [0.3, 0.4) is 0 Å². The highest BCUT2D eigenvalue weighted by molar-refractivity contribution is 5.98. The van der Waals surface area contributed by atoms with Crippen molar-refractivity contribution in [2.75, 3.05) is 13.1 Å². The smallest absolute Gasteiger partial charge is 0.490 e. The van der Waals surface area contributed by atoms with Crippen LogP contribution >= 0.6 is 0 Å². The van der Waals surface area contributed by atoms with Gasteiger partial charge in [0.25, 0.3) is 0 Å². The van der Waals surface area contributed by atoms with E-state index in [-0.39, 0.29) is 11.7 Å². The Bertz CT molecular complexity index is 536. The van der Waals surface area contributed by atoms with E-state index in [4.69, 9.17) is 4.74 Å². The summed E-state index contributed by atoms with van der Waals surface area (Å²) in [4.78, 5) is 22.0. The zero-order chi connectivity index (χ0) is 16.2. The highest BCUT2D eigenvalue weighted by Gasteiger charge is 2.42. The minimum absolute atomic E-state index is 0.0610. The maximum Gasteiger partial charge on any atom is 0.491 e. The molecule has 0 radical (unpaired) electrons. The summed E-state index contributed by atoms with van der Waals surface area (Å²) in [6, 6.07) is 5.41. The molecule has 1 aromatic rings. The van der Waals surface area contributed by atoms with Crippen molar-refractivity contribution in [2.24, 2.45) is 0 Å². The van der Waals surface area contributed by atoms with Crippen LogP contribution in [0.2, 0.25) is 0 Å². The molecular weight excluding hydrogens is 303 g/mol. The van der Waals surface area contributed by atoms with Crippen LogP contribution in [0.5, 0.6) is 5.75 Å². The number of nitrogens with one attached hydrogen (secondary N) is 1. The Kier molecular flexibility index (Phi) is 5.02. The zero-order valence-electron chi connectivity index (χ0n) is 11.5. The predicted molar refractivity (Wildman–Crippen MR) is 69.4 cm³/mol. The van der Waals surface area contributed by atoms with Crippen LogP contribution in [0.1, 0.15) is 23.2 Å². The molecule has 1 aliphatic heterocycles. The number of benzene rings is 1. The number of hydrogen-bond acceptors (Lipinski definition) is 5. The number of alkyl halides is 3. The molecule has 5 nitrogen and oxygen atoms in total. The lowest BCUT2D eigenvalue weighted by Crippen LogP contribution is -2.34. The maximum absolute atomic E-state index is 12.0. The maximum atomic E-state index is 12.0. The number of hydrogen-bond donors (Lipinski definition) is 1. The van der Waals surface area contributed by atoms with E-state index in [0.717, 1.165) is 25.9 Å². The number of carbonyl (C=O) groups excluding carboxylic acids is 2. The monoisotopic (exact) mass is 317 g/mol. The van der Waals surface area contributed by atoms with Gasteiger partial charge in [0.05, 0.1) is 5.56 Å². The second-order valence-corrected chi connectivity index (χ2v) is 4.77. The average molecular weight is 317 g/mol. The molecule has 8 heteroatoms. The van der Waals surface area contributed by atoms with Gasteiger partial charge >= 0.3 is 18.1 Å². The molecule has 120 valence electrons. The molecule has 2 rings (SSSR count). The number of esters is 2. The van der Waals surface area contributed by atoms with Gasteiger partial charge in [-0.1, -0.05) is 0 Å². The van der Waals surface area contributed by atoms with Crippen LogP contribution in [0, 0.1) is 0 Å². The van der Waals surface area contributed by atoms with Crippen molar-refractivity contribution < 1.29 is 32.2 Å². The topological polar surface area (TPSA) is 64.6 Å². The third-order valence-electron chi connectivity index (χ3n) is 3.10. The Hall–Kier alpha value is -2.09. The Balaban J connectivity index is 1.93. The van der Waals surface area contributed by atoms with Crippen LogP contribution in [0.4, 0.5) is 13.2 Å². The number of ether oxygens (including phenoxy) is 2. The Labute approximate surface area is 124 Å². The molecular formula is C14H14F3NO4. The van der Waals surface area contributed by atoms with Gasteiger partial charge in [-0.3, -0.25) is 0 Å². The zero-order valence-corrected chi connectivity index (χ0v) is 11.5. The molecule has 0 bridgehead atoms. The van der Waals surface area contributed by atoms with Crippen molar-refractivity contribution in [2.45, 2.75) is 25.1 Å². The van der Waals surface area contributed by atoms with Crippen LogP contribution in [0.25, 0.3) is 0 Å². The molecule has 1 aromatic carbocycles. The Morgan fingerprint density at radius 3 is 2.23 bits per heavy atom. The van der Waals surface area contributed by atoms with Gasteiger partial charge in [0.15, 0.2) is 0 Å². The van der Waals surface area contributed by atoms with Crippen LogP contribution in [-0.4, -0.2) is 37.3 Å². The van der Waals surface area contributed by atoms with E-state index in [1.165, 1.54) is 24.3 Å². The van der Waals surface area contributed by atoms with Crippen molar-refractivity contribution in [3.05, 3.63) is 29.8 Å². The molecule has 1 heterocycles. The van der Waals surface area contributed by atoms with Gasteiger partial charge < -0.3 is 14.8 Å². The lowest BCUT2D eigenvalue weighted by molar-refractivity contribution is -0.193. The van der Waals surface area contributed by atoms with Crippen molar-refractivity contribution >= 4 is 11.9 Å². The van der Waals surface area contributed by atoms with Gasteiger partial charge in [0.1, 0.15) is 11.9 Å². The average Bonchev–Trinajstić information content (AvgIpc) is 2.48. The van der Waals surface area contributed by atoms with Gasteiger partial charge in [-0.25, -0.2) is 9.59 Å². The summed E-state index contributed by atoms with van der Waals surface area (Å²) in [5.74, 6) is -3.38. The van der Waals surface area contributed by atoms with Gasteiger partial charge in [-0.15, -0.1) is 0 Å². The normalized spacial score (nSPS) is 16.1. The van der Waals surface area contributed by atoms with Crippen LogP contribution in [0.15, 0.2) is 24.3 Å². The third kappa shape index (κ3) is 4.45. The lowest BCUT2D eigenvalue weighted by atomic mass is 10.1. The molecule has 0 unspecified atom stereocenters. The summed E-state index contributed by atoms with van der Waals surface area (Å²) in [7, 11) is 0. The molecule has 22 heavy (non-hydrogen) atoms. The second-order valence-electron chi connectivity index (χ2n) is 4.77.